The second-order valence-electron chi connectivity index (χ2n) is 5.23. The molecule has 0 fully saturated rings. The Morgan fingerprint density at radius 1 is 1.23 bits per heavy atom. The van der Waals surface area contributed by atoms with E-state index < -0.39 is 10.0 Å². The standard InChI is InChI=1S/C15H24N2O4S/c1-4-5-10-16-22(19,20)14-8-6-13(7-9-14)21-11-15(18)17-12(2)3/h6-9,12,16H,4-5,10-11H2,1-3H3,(H,17,18). The number of nitrogens with one attached hydrogen (secondary N) is 2. The van der Waals surface area contributed by atoms with Crippen LogP contribution in [0, 0.1) is 0 Å². The quantitative estimate of drug-likeness (QED) is 0.675. The molecule has 124 valence electrons. The SMILES string of the molecule is CCCCNS(=O)(=O)c1ccc(OCC(=O)NC(C)C)cc1. The first-order valence-electron chi connectivity index (χ1n) is 7.37. The van der Waals surface area contributed by atoms with Gasteiger partial charge in [0.05, 0.1) is 4.90 Å². The summed E-state index contributed by atoms with van der Waals surface area (Å²) in [7, 11) is -3.48. The molecule has 0 spiro atoms. The highest BCUT2D eigenvalue weighted by atomic mass is 32.2. The average molecular weight is 328 g/mol. The summed E-state index contributed by atoms with van der Waals surface area (Å²) in [5.41, 5.74) is 0. The lowest BCUT2D eigenvalue weighted by molar-refractivity contribution is -0.123. The molecule has 0 heterocycles. The van der Waals surface area contributed by atoms with Gasteiger partial charge in [-0.05, 0) is 44.5 Å². The van der Waals surface area contributed by atoms with Crippen LogP contribution in [0.4, 0.5) is 0 Å². The molecule has 0 saturated heterocycles. The Morgan fingerprint density at radius 2 is 1.86 bits per heavy atom. The third-order valence-corrected chi connectivity index (χ3v) is 4.25. The topological polar surface area (TPSA) is 84.5 Å². The molecule has 1 rings (SSSR count). The maximum Gasteiger partial charge on any atom is 0.258 e. The largest absolute Gasteiger partial charge is 0.484 e. The number of unbranched alkanes of at least 4 members (excludes halogenated alkanes) is 1. The van der Waals surface area contributed by atoms with Crippen LogP contribution in [0.3, 0.4) is 0 Å². The second-order valence-corrected chi connectivity index (χ2v) is 7.00. The van der Waals surface area contributed by atoms with Gasteiger partial charge in [-0.1, -0.05) is 13.3 Å². The molecule has 0 unspecified atom stereocenters. The van der Waals surface area contributed by atoms with Crippen LogP contribution in [0.15, 0.2) is 29.2 Å². The summed E-state index contributed by atoms with van der Waals surface area (Å²) in [5, 5.41) is 2.71. The number of carbonyl (C=O) groups is 1. The van der Waals surface area contributed by atoms with Gasteiger partial charge in [-0.25, -0.2) is 13.1 Å². The van der Waals surface area contributed by atoms with E-state index in [0.29, 0.717) is 12.3 Å². The Kier molecular flexibility index (Phi) is 7.34. The maximum absolute atomic E-state index is 12.0. The predicted molar refractivity (Wildman–Crippen MR) is 85.3 cm³/mol. The molecule has 0 atom stereocenters. The fourth-order valence-electron chi connectivity index (χ4n) is 1.69. The van der Waals surface area contributed by atoms with Gasteiger partial charge in [-0.15, -0.1) is 0 Å². The van der Waals surface area contributed by atoms with Crippen molar-refractivity contribution in [2.45, 2.75) is 44.6 Å². The number of ether oxygens (including phenoxy) is 1. The van der Waals surface area contributed by atoms with E-state index in [1.165, 1.54) is 24.3 Å². The van der Waals surface area contributed by atoms with E-state index in [2.05, 4.69) is 10.0 Å². The van der Waals surface area contributed by atoms with E-state index in [4.69, 9.17) is 4.74 Å². The molecule has 22 heavy (non-hydrogen) atoms. The van der Waals surface area contributed by atoms with Gasteiger partial charge in [0, 0.05) is 12.6 Å². The fourth-order valence-corrected chi connectivity index (χ4v) is 2.77. The molecule has 0 saturated carbocycles. The Labute approximate surface area is 132 Å². The molecule has 0 radical (unpaired) electrons. The molecule has 0 bridgehead atoms. The summed E-state index contributed by atoms with van der Waals surface area (Å²) in [6, 6.07) is 6.06. The van der Waals surface area contributed by atoms with Crippen molar-refractivity contribution in [2.24, 2.45) is 0 Å². The van der Waals surface area contributed by atoms with Crippen LogP contribution >= 0.6 is 0 Å². The summed E-state index contributed by atoms with van der Waals surface area (Å²) in [4.78, 5) is 11.6. The molecule has 0 aromatic heterocycles. The van der Waals surface area contributed by atoms with Gasteiger partial charge in [0.2, 0.25) is 10.0 Å². The average Bonchev–Trinajstić information content (AvgIpc) is 2.45. The molecule has 1 aromatic rings. The van der Waals surface area contributed by atoms with Crippen molar-refractivity contribution in [3.63, 3.8) is 0 Å². The Balaban J connectivity index is 2.57. The first kappa shape index (κ1) is 18.4. The maximum atomic E-state index is 12.0. The number of carbonyl (C=O) groups excluding carboxylic acids is 1. The molecule has 7 heteroatoms. The van der Waals surface area contributed by atoms with Gasteiger partial charge in [-0.3, -0.25) is 4.79 Å². The number of hydrogen-bond donors (Lipinski definition) is 2. The summed E-state index contributed by atoms with van der Waals surface area (Å²) >= 11 is 0. The summed E-state index contributed by atoms with van der Waals surface area (Å²) in [6.45, 7) is 6.05. The van der Waals surface area contributed by atoms with E-state index >= 15 is 0 Å². The monoisotopic (exact) mass is 328 g/mol. The summed E-state index contributed by atoms with van der Waals surface area (Å²) < 4.78 is 31.8. The van der Waals surface area contributed by atoms with Crippen molar-refractivity contribution < 1.29 is 17.9 Å². The molecule has 0 aliphatic rings. The van der Waals surface area contributed by atoms with Crippen LogP contribution in [0.1, 0.15) is 33.6 Å². The molecular formula is C15H24N2O4S. The van der Waals surface area contributed by atoms with Crippen LogP contribution in [0.25, 0.3) is 0 Å². The van der Waals surface area contributed by atoms with Crippen molar-refractivity contribution in [3.8, 4) is 5.75 Å². The molecule has 2 N–H and O–H groups in total. The lowest BCUT2D eigenvalue weighted by Gasteiger charge is -2.10. The van der Waals surface area contributed by atoms with Crippen LogP contribution in [0.2, 0.25) is 0 Å². The highest BCUT2D eigenvalue weighted by Gasteiger charge is 2.13. The van der Waals surface area contributed by atoms with Crippen LogP contribution in [-0.4, -0.2) is 33.5 Å². The van der Waals surface area contributed by atoms with Crippen LogP contribution in [0.5, 0.6) is 5.75 Å². The van der Waals surface area contributed by atoms with Crippen molar-refractivity contribution >= 4 is 15.9 Å². The van der Waals surface area contributed by atoms with Gasteiger partial charge in [0.15, 0.2) is 6.61 Å². The molecule has 0 aliphatic heterocycles. The van der Waals surface area contributed by atoms with Gasteiger partial charge in [-0.2, -0.15) is 0 Å². The van der Waals surface area contributed by atoms with E-state index in [1.807, 2.05) is 20.8 Å². The van der Waals surface area contributed by atoms with Crippen molar-refractivity contribution in [3.05, 3.63) is 24.3 Å². The van der Waals surface area contributed by atoms with Gasteiger partial charge < -0.3 is 10.1 Å². The van der Waals surface area contributed by atoms with Gasteiger partial charge >= 0.3 is 0 Å². The highest BCUT2D eigenvalue weighted by Crippen LogP contribution is 2.15. The molecule has 1 amide bonds. The lowest BCUT2D eigenvalue weighted by Crippen LogP contribution is -2.34. The zero-order valence-electron chi connectivity index (χ0n) is 13.3. The third-order valence-electron chi connectivity index (χ3n) is 2.78. The van der Waals surface area contributed by atoms with Crippen LogP contribution < -0.4 is 14.8 Å². The van der Waals surface area contributed by atoms with E-state index in [0.717, 1.165) is 12.8 Å². The molecular weight excluding hydrogens is 304 g/mol. The number of sulfonamides is 1. The lowest BCUT2D eigenvalue weighted by atomic mass is 10.3. The summed E-state index contributed by atoms with van der Waals surface area (Å²) in [6.07, 6.45) is 1.72. The zero-order chi connectivity index (χ0) is 16.6. The molecule has 0 aliphatic carbocycles. The minimum atomic E-state index is -3.48. The Hall–Kier alpha value is -1.60. The second kappa shape index (κ2) is 8.75. The normalized spacial score (nSPS) is 11.5. The van der Waals surface area contributed by atoms with Gasteiger partial charge in [0.25, 0.3) is 5.91 Å². The van der Waals surface area contributed by atoms with E-state index in [9.17, 15) is 13.2 Å². The fraction of sp³-hybridized carbons (Fsp3) is 0.533. The minimum absolute atomic E-state index is 0.0535. The number of hydrogen-bond acceptors (Lipinski definition) is 4. The Morgan fingerprint density at radius 3 is 2.41 bits per heavy atom. The number of amides is 1. The van der Waals surface area contributed by atoms with Crippen LogP contribution in [-0.2, 0) is 14.8 Å². The van der Waals surface area contributed by atoms with Crippen molar-refractivity contribution in [1.29, 1.82) is 0 Å². The van der Waals surface area contributed by atoms with E-state index in [-0.39, 0.29) is 23.5 Å². The summed E-state index contributed by atoms with van der Waals surface area (Å²) in [5.74, 6) is 0.236. The highest BCUT2D eigenvalue weighted by molar-refractivity contribution is 7.89. The smallest absolute Gasteiger partial charge is 0.258 e. The molecule has 1 aromatic carbocycles. The predicted octanol–water partition coefficient (Wildman–Crippen LogP) is 1.67. The zero-order valence-corrected chi connectivity index (χ0v) is 14.1. The molecule has 6 nitrogen and oxygen atoms in total. The first-order valence-corrected chi connectivity index (χ1v) is 8.85. The minimum Gasteiger partial charge on any atom is -0.484 e. The third kappa shape index (κ3) is 6.44. The van der Waals surface area contributed by atoms with Crippen molar-refractivity contribution in [2.75, 3.05) is 13.2 Å². The number of benzene rings is 1. The van der Waals surface area contributed by atoms with Crippen molar-refractivity contribution in [1.82, 2.24) is 10.0 Å². The number of rotatable bonds is 9. The van der Waals surface area contributed by atoms with Gasteiger partial charge in [0.1, 0.15) is 5.75 Å². The van der Waals surface area contributed by atoms with E-state index in [1.54, 1.807) is 0 Å². The Bertz CT molecular complexity index is 568. The first-order chi connectivity index (χ1) is 10.3.